The second kappa shape index (κ2) is 3.74. The van der Waals surface area contributed by atoms with Gasteiger partial charge in [0.25, 0.3) is 0 Å². The summed E-state index contributed by atoms with van der Waals surface area (Å²) in [5.74, 6) is 0. The molecule has 0 aromatic carbocycles. The maximum atomic E-state index is 5.37. The molecule has 3 heteroatoms. The van der Waals surface area contributed by atoms with E-state index in [1.807, 2.05) is 12.4 Å². The first-order chi connectivity index (χ1) is 5.67. The zero-order valence-electron chi connectivity index (χ0n) is 7.72. The van der Waals surface area contributed by atoms with Gasteiger partial charge in [-0.15, -0.1) is 0 Å². The second-order valence-electron chi connectivity index (χ2n) is 3.61. The number of hydrogen-bond donors (Lipinski definition) is 3. The van der Waals surface area contributed by atoms with Crippen molar-refractivity contribution in [2.75, 3.05) is 13.2 Å². The smallest absolute Gasteiger partial charge is 0.0429 e. The molecule has 0 bridgehead atoms. The molecule has 0 radical (unpaired) electrons. The van der Waals surface area contributed by atoms with Crippen molar-refractivity contribution in [1.82, 2.24) is 10.3 Å². The Balaban J connectivity index is 2.59. The van der Waals surface area contributed by atoms with Gasteiger partial charge >= 0.3 is 0 Å². The number of nitrogens with one attached hydrogen (secondary N) is 2. The van der Waals surface area contributed by atoms with Crippen LogP contribution >= 0.6 is 0 Å². The molecule has 0 spiro atoms. The third-order valence-corrected chi connectivity index (χ3v) is 2.09. The summed E-state index contributed by atoms with van der Waals surface area (Å²) < 4.78 is 0. The zero-order valence-corrected chi connectivity index (χ0v) is 7.72. The first-order valence-electron chi connectivity index (χ1n) is 4.21. The van der Waals surface area contributed by atoms with Crippen molar-refractivity contribution in [2.24, 2.45) is 5.73 Å². The number of aromatic amines is 1. The lowest BCUT2D eigenvalue weighted by molar-refractivity contribution is 0.475. The molecule has 1 rings (SSSR count). The Morgan fingerprint density at radius 2 is 2.33 bits per heavy atom. The van der Waals surface area contributed by atoms with Crippen LogP contribution in [0.4, 0.5) is 0 Å². The van der Waals surface area contributed by atoms with Crippen molar-refractivity contribution in [3.05, 3.63) is 24.0 Å². The third-order valence-electron chi connectivity index (χ3n) is 2.09. The van der Waals surface area contributed by atoms with E-state index in [2.05, 4.69) is 30.2 Å². The maximum absolute atomic E-state index is 5.37. The van der Waals surface area contributed by atoms with Gasteiger partial charge in [-0.1, -0.05) is 13.8 Å². The molecule has 3 nitrogen and oxygen atoms in total. The molecule has 12 heavy (non-hydrogen) atoms. The summed E-state index contributed by atoms with van der Waals surface area (Å²) in [5.41, 5.74) is 6.83. The van der Waals surface area contributed by atoms with Crippen LogP contribution in [0.1, 0.15) is 19.4 Å². The Kier molecular flexibility index (Phi) is 2.89. The molecule has 4 N–H and O–H groups in total. The molecule has 1 aromatic heterocycles. The van der Waals surface area contributed by atoms with Crippen LogP contribution in [0, 0.1) is 0 Å². The summed E-state index contributed by atoms with van der Waals surface area (Å²) in [6.07, 6.45) is 3.97. The summed E-state index contributed by atoms with van der Waals surface area (Å²) in [4.78, 5) is 3.05. The number of hydrogen-bond acceptors (Lipinski definition) is 2. The van der Waals surface area contributed by atoms with Crippen molar-refractivity contribution >= 4 is 0 Å². The van der Waals surface area contributed by atoms with E-state index in [0.717, 1.165) is 6.54 Å². The van der Waals surface area contributed by atoms with Crippen LogP contribution in [0.5, 0.6) is 0 Å². The van der Waals surface area contributed by atoms with Gasteiger partial charge in [-0.05, 0) is 11.6 Å². The lowest BCUT2D eigenvalue weighted by Crippen LogP contribution is -2.35. The maximum Gasteiger partial charge on any atom is 0.0429 e. The van der Waals surface area contributed by atoms with E-state index < -0.39 is 0 Å². The molecule has 1 aromatic rings. The van der Waals surface area contributed by atoms with Crippen molar-refractivity contribution in [3.8, 4) is 0 Å². The standard InChI is InChI=1S/C9H17N3/c1-9(2,6-12-7-10)8-3-4-11-5-8/h3-5,11-12H,6-7,10H2,1-2H3. The van der Waals surface area contributed by atoms with E-state index in [4.69, 9.17) is 5.73 Å². The summed E-state index contributed by atoms with van der Waals surface area (Å²) in [6.45, 7) is 5.83. The third kappa shape index (κ3) is 2.09. The van der Waals surface area contributed by atoms with Gasteiger partial charge in [-0.2, -0.15) is 0 Å². The average molecular weight is 167 g/mol. The van der Waals surface area contributed by atoms with Gasteiger partial charge in [0.15, 0.2) is 0 Å². The minimum atomic E-state index is 0.152. The SMILES string of the molecule is CC(C)(CNCN)c1cc[nH]c1. The van der Waals surface area contributed by atoms with E-state index in [9.17, 15) is 0 Å². The van der Waals surface area contributed by atoms with E-state index >= 15 is 0 Å². The van der Waals surface area contributed by atoms with Crippen molar-refractivity contribution in [1.29, 1.82) is 0 Å². The summed E-state index contributed by atoms with van der Waals surface area (Å²) in [5, 5.41) is 3.14. The van der Waals surface area contributed by atoms with E-state index in [0.29, 0.717) is 6.67 Å². The van der Waals surface area contributed by atoms with Gasteiger partial charge in [-0.3, -0.25) is 0 Å². The van der Waals surface area contributed by atoms with E-state index in [1.54, 1.807) is 0 Å². The van der Waals surface area contributed by atoms with Crippen LogP contribution < -0.4 is 11.1 Å². The molecule has 0 amide bonds. The fourth-order valence-corrected chi connectivity index (χ4v) is 1.23. The zero-order chi connectivity index (χ0) is 9.03. The fourth-order valence-electron chi connectivity index (χ4n) is 1.23. The van der Waals surface area contributed by atoms with Crippen LogP contribution in [0.2, 0.25) is 0 Å². The second-order valence-corrected chi connectivity index (χ2v) is 3.61. The fraction of sp³-hybridized carbons (Fsp3) is 0.556. The monoisotopic (exact) mass is 167 g/mol. The molecule has 0 unspecified atom stereocenters. The van der Waals surface area contributed by atoms with Gasteiger partial charge in [0.2, 0.25) is 0 Å². The minimum absolute atomic E-state index is 0.152. The van der Waals surface area contributed by atoms with Crippen LogP contribution in [0.3, 0.4) is 0 Å². The van der Waals surface area contributed by atoms with Crippen LogP contribution in [0.15, 0.2) is 18.5 Å². The van der Waals surface area contributed by atoms with E-state index in [1.165, 1.54) is 5.56 Å². The average Bonchev–Trinajstić information content (AvgIpc) is 2.53. The van der Waals surface area contributed by atoms with Gasteiger partial charge < -0.3 is 16.0 Å². The van der Waals surface area contributed by atoms with E-state index in [-0.39, 0.29) is 5.41 Å². The highest BCUT2D eigenvalue weighted by Crippen LogP contribution is 2.20. The summed E-state index contributed by atoms with van der Waals surface area (Å²) in [7, 11) is 0. The molecular weight excluding hydrogens is 150 g/mol. The topological polar surface area (TPSA) is 53.8 Å². The quantitative estimate of drug-likeness (QED) is 0.581. The van der Waals surface area contributed by atoms with Crippen molar-refractivity contribution in [2.45, 2.75) is 19.3 Å². The van der Waals surface area contributed by atoms with Crippen molar-refractivity contribution in [3.63, 3.8) is 0 Å². The highest BCUT2D eigenvalue weighted by molar-refractivity contribution is 5.20. The number of rotatable bonds is 4. The normalized spacial score (nSPS) is 11.9. The molecule has 0 saturated carbocycles. The first kappa shape index (κ1) is 9.29. The number of H-pyrrole nitrogens is 1. The highest BCUT2D eigenvalue weighted by Gasteiger charge is 2.19. The molecule has 0 saturated heterocycles. The Morgan fingerprint density at radius 1 is 1.58 bits per heavy atom. The largest absolute Gasteiger partial charge is 0.367 e. The van der Waals surface area contributed by atoms with Crippen LogP contribution in [-0.2, 0) is 5.41 Å². The van der Waals surface area contributed by atoms with Gasteiger partial charge in [-0.25, -0.2) is 0 Å². The molecule has 0 atom stereocenters. The Hall–Kier alpha value is -0.800. The minimum Gasteiger partial charge on any atom is -0.367 e. The molecule has 0 aliphatic heterocycles. The molecular formula is C9H17N3. The summed E-state index contributed by atoms with van der Waals surface area (Å²) >= 11 is 0. The summed E-state index contributed by atoms with van der Waals surface area (Å²) in [6, 6.07) is 2.10. The van der Waals surface area contributed by atoms with Gasteiger partial charge in [0.1, 0.15) is 0 Å². The number of nitrogens with two attached hydrogens (primary N) is 1. The lowest BCUT2D eigenvalue weighted by atomic mass is 9.86. The van der Waals surface area contributed by atoms with Gasteiger partial charge in [0, 0.05) is 31.0 Å². The lowest BCUT2D eigenvalue weighted by Gasteiger charge is -2.23. The van der Waals surface area contributed by atoms with Crippen molar-refractivity contribution < 1.29 is 0 Å². The first-order valence-corrected chi connectivity index (χ1v) is 4.21. The molecule has 0 aliphatic carbocycles. The van der Waals surface area contributed by atoms with Crippen LogP contribution in [-0.4, -0.2) is 18.2 Å². The Bertz CT molecular complexity index is 214. The predicted molar refractivity (Wildman–Crippen MR) is 50.9 cm³/mol. The van der Waals surface area contributed by atoms with Crippen LogP contribution in [0.25, 0.3) is 0 Å². The molecule has 0 aliphatic rings. The Morgan fingerprint density at radius 3 is 2.83 bits per heavy atom. The highest BCUT2D eigenvalue weighted by atomic mass is 15.0. The predicted octanol–water partition coefficient (Wildman–Crippen LogP) is 0.798. The molecule has 0 fully saturated rings. The van der Waals surface area contributed by atoms with Gasteiger partial charge in [0.05, 0.1) is 0 Å². The molecule has 68 valence electrons. The number of aromatic nitrogens is 1. The Labute approximate surface area is 73.4 Å². The molecule has 1 heterocycles.